The first kappa shape index (κ1) is 33.1. The molecule has 0 aliphatic heterocycles. The van der Waals surface area contributed by atoms with Crippen LogP contribution in [-0.2, 0) is 32.9 Å². The Morgan fingerprint density at radius 2 is 1.72 bits per heavy atom. The van der Waals surface area contributed by atoms with Crippen LogP contribution in [0, 0.1) is 5.92 Å². The van der Waals surface area contributed by atoms with E-state index >= 15 is 0 Å². The summed E-state index contributed by atoms with van der Waals surface area (Å²) in [5, 5.41) is 26.4. The number of halogens is 3. The van der Waals surface area contributed by atoms with Crippen molar-refractivity contribution in [2.75, 3.05) is 0 Å². The topological polar surface area (TPSA) is 202 Å². The van der Waals surface area contributed by atoms with Gasteiger partial charge in [0.05, 0.1) is 42.6 Å². The Hall–Kier alpha value is -2.06. The van der Waals surface area contributed by atoms with Gasteiger partial charge in [0.2, 0.25) is 17.0 Å². The van der Waals surface area contributed by atoms with Gasteiger partial charge in [-0.05, 0) is 41.9 Å². The minimum absolute atomic E-state index is 0.120. The van der Waals surface area contributed by atoms with Gasteiger partial charge in [-0.3, -0.25) is 19.2 Å². The van der Waals surface area contributed by atoms with E-state index in [1.54, 1.807) is 32.0 Å². The van der Waals surface area contributed by atoms with Crippen molar-refractivity contribution in [3.63, 3.8) is 0 Å². The number of nitrogens with zero attached hydrogens (tertiary/aromatic N) is 4. The molecule has 39 heavy (non-hydrogen) atoms. The highest BCUT2D eigenvalue weighted by atomic mass is 127. The molecule has 2 amide bonds. The van der Waals surface area contributed by atoms with E-state index in [0.29, 0.717) is 14.9 Å². The molecule has 1 unspecified atom stereocenters. The van der Waals surface area contributed by atoms with Crippen LogP contribution in [0.3, 0.4) is 0 Å². The minimum atomic E-state index is -3.75. The van der Waals surface area contributed by atoms with Crippen molar-refractivity contribution >= 4 is 86.9 Å². The van der Waals surface area contributed by atoms with Gasteiger partial charge < -0.3 is 15.7 Å². The SMILES string of the molecule is CC(C)[C@H](NS(=O)(=O)I)C(=O)N[C@@H](C)C(=O)NC(CC(=O)O)C(=O)Cn1nnc(Sc2c(Cl)cccc2Cl)n1. The average molecular weight is 736 g/mol. The lowest BCUT2D eigenvalue weighted by atomic mass is 10.0. The van der Waals surface area contributed by atoms with E-state index in [1.807, 2.05) is 0 Å². The molecule has 0 spiro atoms. The molecule has 19 heteroatoms. The summed E-state index contributed by atoms with van der Waals surface area (Å²) >= 11 is 14.4. The van der Waals surface area contributed by atoms with Gasteiger partial charge in [0.15, 0.2) is 5.78 Å². The first-order valence-electron chi connectivity index (χ1n) is 11.0. The highest BCUT2D eigenvalue weighted by molar-refractivity contribution is 14.2. The van der Waals surface area contributed by atoms with Crippen LogP contribution < -0.4 is 15.4 Å². The summed E-state index contributed by atoms with van der Waals surface area (Å²) in [6, 6.07) is 1.03. The molecule has 2 rings (SSSR count). The quantitative estimate of drug-likeness (QED) is 0.162. The normalized spacial score (nSPS) is 13.9. The third-order valence-electron chi connectivity index (χ3n) is 4.90. The molecule has 2 aromatic rings. The summed E-state index contributed by atoms with van der Waals surface area (Å²) < 4.78 is 25.3. The number of carboxylic acid groups (broad SMARTS) is 1. The first-order chi connectivity index (χ1) is 18.1. The molecule has 0 saturated heterocycles. The zero-order valence-corrected chi connectivity index (χ0v) is 25.9. The summed E-state index contributed by atoms with van der Waals surface area (Å²) in [5.41, 5.74) is 0. The van der Waals surface area contributed by atoms with Gasteiger partial charge in [0.25, 0.3) is 7.19 Å². The summed E-state index contributed by atoms with van der Waals surface area (Å²) in [5.74, 6) is -4.19. The van der Waals surface area contributed by atoms with Crippen molar-refractivity contribution in [2.45, 2.75) is 61.9 Å². The van der Waals surface area contributed by atoms with Crippen LogP contribution in [0.1, 0.15) is 27.2 Å². The van der Waals surface area contributed by atoms with Crippen LogP contribution in [-0.4, -0.2) is 75.4 Å². The number of Topliss-reactive ketones (excluding diaryl/α,β-unsaturated/α-hetero) is 1. The Labute approximate surface area is 250 Å². The van der Waals surface area contributed by atoms with Gasteiger partial charge in [-0.15, -0.1) is 10.2 Å². The van der Waals surface area contributed by atoms with Gasteiger partial charge >= 0.3 is 5.97 Å². The monoisotopic (exact) mass is 735 g/mol. The summed E-state index contributed by atoms with van der Waals surface area (Å²) in [4.78, 5) is 50.8. The van der Waals surface area contributed by atoms with Crippen molar-refractivity contribution in [1.29, 1.82) is 0 Å². The maximum Gasteiger partial charge on any atom is 0.305 e. The van der Waals surface area contributed by atoms with E-state index in [9.17, 15) is 32.7 Å². The zero-order chi connectivity index (χ0) is 29.5. The van der Waals surface area contributed by atoms with E-state index in [0.717, 1.165) is 37.8 Å². The maximum atomic E-state index is 12.8. The number of carbonyl (C=O) groups excluding carboxylic acids is 3. The van der Waals surface area contributed by atoms with E-state index in [1.165, 1.54) is 6.92 Å². The number of carbonyl (C=O) groups is 4. The van der Waals surface area contributed by atoms with Gasteiger partial charge in [0.1, 0.15) is 24.7 Å². The molecule has 214 valence electrons. The molecule has 0 bridgehead atoms. The molecule has 0 radical (unpaired) electrons. The van der Waals surface area contributed by atoms with Gasteiger partial charge in [-0.1, -0.05) is 43.1 Å². The standard InChI is InChI=1S/C20H24Cl2IN7O7S2/c1-9(2)16(28-39(23,36)37)19(35)24-10(3)18(34)25-13(7-15(32)33)14(31)8-30-27-20(26-29-30)38-17-11(21)5-4-6-12(17)22/h4-6,9-10,13,16,28H,7-8H2,1-3H3,(H,24,35)(H,25,34)(H,32,33)/t10-,13?,16-/m0/s1. The Balaban J connectivity index is 2.07. The Kier molecular flexibility index (Phi) is 12.4. The van der Waals surface area contributed by atoms with Crippen molar-refractivity contribution in [3.8, 4) is 0 Å². The highest BCUT2D eigenvalue weighted by Crippen LogP contribution is 2.36. The van der Waals surface area contributed by atoms with Crippen LogP contribution in [0.5, 0.6) is 0 Å². The number of hydrogen-bond acceptors (Lipinski definition) is 10. The average Bonchev–Trinajstić information content (AvgIpc) is 3.25. The fourth-order valence-corrected chi connectivity index (χ4v) is 5.85. The molecule has 0 aliphatic carbocycles. The van der Waals surface area contributed by atoms with E-state index in [2.05, 4.69) is 30.8 Å². The van der Waals surface area contributed by atoms with E-state index < -0.39 is 67.8 Å². The van der Waals surface area contributed by atoms with Crippen LogP contribution in [0.2, 0.25) is 10.0 Å². The number of ketones is 1. The number of hydrogen-bond donors (Lipinski definition) is 4. The fraction of sp³-hybridized carbons (Fsp3) is 0.450. The number of tetrazole rings is 1. The lowest BCUT2D eigenvalue weighted by molar-refractivity contribution is -0.140. The highest BCUT2D eigenvalue weighted by Gasteiger charge is 2.31. The molecular weight excluding hydrogens is 712 g/mol. The number of benzene rings is 1. The van der Waals surface area contributed by atoms with Crippen LogP contribution in [0.15, 0.2) is 28.3 Å². The Bertz CT molecular complexity index is 1320. The van der Waals surface area contributed by atoms with E-state index in [4.69, 9.17) is 23.2 Å². The largest absolute Gasteiger partial charge is 0.481 e. The molecule has 0 aliphatic rings. The first-order valence-corrected chi connectivity index (χ1v) is 16.6. The second-order valence-electron chi connectivity index (χ2n) is 8.39. The molecule has 0 fully saturated rings. The summed E-state index contributed by atoms with van der Waals surface area (Å²) in [7, 11) is -3.75. The molecule has 14 nitrogen and oxygen atoms in total. The van der Waals surface area contributed by atoms with Crippen LogP contribution in [0.25, 0.3) is 0 Å². The van der Waals surface area contributed by atoms with Gasteiger partial charge in [0, 0.05) is 0 Å². The third-order valence-corrected chi connectivity index (χ3v) is 8.04. The second-order valence-corrected chi connectivity index (χ2v) is 14.8. The number of aromatic nitrogens is 4. The Morgan fingerprint density at radius 1 is 1.10 bits per heavy atom. The van der Waals surface area contributed by atoms with Crippen molar-refractivity contribution in [3.05, 3.63) is 28.2 Å². The lowest BCUT2D eigenvalue weighted by Crippen LogP contribution is -2.56. The predicted molar refractivity (Wildman–Crippen MR) is 150 cm³/mol. The van der Waals surface area contributed by atoms with Crippen molar-refractivity contribution in [1.82, 2.24) is 35.6 Å². The fourth-order valence-electron chi connectivity index (χ4n) is 2.99. The lowest BCUT2D eigenvalue weighted by Gasteiger charge is -2.23. The molecule has 1 aromatic heterocycles. The summed E-state index contributed by atoms with van der Waals surface area (Å²) in [6.07, 6.45) is -0.750. The maximum absolute atomic E-state index is 12.8. The zero-order valence-electron chi connectivity index (χ0n) is 20.6. The molecule has 1 aromatic carbocycles. The predicted octanol–water partition coefficient (Wildman–Crippen LogP) is 1.46. The second kappa shape index (κ2) is 14.5. The molecular formula is C20H24Cl2IN7O7S2. The summed E-state index contributed by atoms with van der Waals surface area (Å²) in [6.45, 7) is 4.00. The molecule has 1 heterocycles. The number of amides is 2. The van der Waals surface area contributed by atoms with E-state index in [-0.39, 0.29) is 5.16 Å². The number of nitrogens with one attached hydrogen (secondary N) is 3. The van der Waals surface area contributed by atoms with Crippen molar-refractivity contribution < 1.29 is 32.7 Å². The van der Waals surface area contributed by atoms with Gasteiger partial charge in [-0.2, -0.15) is 9.52 Å². The number of rotatable bonds is 14. The third kappa shape index (κ3) is 10.8. The minimum Gasteiger partial charge on any atom is -0.481 e. The smallest absolute Gasteiger partial charge is 0.305 e. The molecule has 0 saturated carbocycles. The number of carboxylic acids is 1. The van der Waals surface area contributed by atoms with Crippen LogP contribution >= 0.6 is 56.2 Å². The molecule has 4 N–H and O–H groups in total. The Morgan fingerprint density at radius 3 is 2.26 bits per heavy atom. The molecule has 3 atom stereocenters. The van der Waals surface area contributed by atoms with Gasteiger partial charge in [-0.25, -0.2) is 8.42 Å². The van der Waals surface area contributed by atoms with Crippen LogP contribution in [0.4, 0.5) is 0 Å². The van der Waals surface area contributed by atoms with Crippen molar-refractivity contribution in [2.24, 2.45) is 5.92 Å². The number of aliphatic carboxylic acids is 1.